The first-order valence-corrected chi connectivity index (χ1v) is 8.13. The minimum atomic E-state index is 0.370. The zero-order valence-corrected chi connectivity index (χ0v) is 14.1. The van der Waals surface area contributed by atoms with E-state index in [1.807, 2.05) is 7.05 Å². The molecule has 1 aliphatic carbocycles. The minimum Gasteiger partial charge on any atom is -0.496 e. The Morgan fingerprint density at radius 3 is 2.52 bits per heavy atom. The fraction of sp³-hybridized carbons (Fsp3) is 0.667. The standard InChI is InChI=1S/C18H30N2O/c1-13(2)11-20(17-7-8-17)12-16-10-15(14(3)19-4)6-9-18(16)21-5/h6,9-10,13-14,17,19H,7-8,11-12H2,1-5H3. The molecule has 21 heavy (non-hydrogen) atoms. The molecule has 1 aliphatic rings. The van der Waals surface area contributed by atoms with E-state index in [0.29, 0.717) is 12.0 Å². The second-order valence-corrected chi connectivity index (χ2v) is 6.64. The number of nitrogens with zero attached hydrogens (tertiary/aromatic N) is 1. The topological polar surface area (TPSA) is 24.5 Å². The van der Waals surface area contributed by atoms with Gasteiger partial charge in [-0.25, -0.2) is 0 Å². The lowest BCUT2D eigenvalue weighted by molar-refractivity contribution is 0.223. The largest absolute Gasteiger partial charge is 0.496 e. The Morgan fingerprint density at radius 1 is 1.29 bits per heavy atom. The second-order valence-electron chi connectivity index (χ2n) is 6.64. The summed E-state index contributed by atoms with van der Waals surface area (Å²) >= 11 is 0. The van der Waals surface area contributed by atoms with Gasteiger partial charge < -0.3 is 10.1 Å². The van der Waals surface area contributed by atoms with E-state index in [4.69, 9.17) is 4.74 Å². The fourth-order valence-corrected chi connectivity index (χ4v) is 2.83. The predicted molar refractivity (Wildman–Crippen MR) is 88.7 cm³/mol. The van der Waals surface area contributed by atoms with Crippen molar-refractivity contribution in [3.8, 4) is 5.75 Å². The Morgan fingerprint density at radius 2 is 2.00 bits per heavy atom. The van der Waals surface area contributed by atoms with Gasteiger partial charge in [0.2, 0.25) is 0 Å². The molecular formula is C18H30N2O. The van der Waals surface area contributed by atoms with E-state index in [2.05, 4.69) is 49.2 Å². The molecule has 1 saturated carbocycles. The van der Waals surface area contributed by atoms with Crippen LogP contribution in [0.5, 0.6) is 5.75 Å². The maximum Gasteiger partial charge on any atom is 0.123 e. The average Bonchev–Trinajstić information content (AvgIpc) is 3.29. The lowest BCUT2D eigenvalue weighted by Gasteiger charge is -2.25. The molecule has 3 nitrogen and oxygen atoms in total. The van der Waals surface area contributed by atoms with Crippen LogP contribution in [0, 0.1) is 5.92 Å². The molecule has 1 N–H and O–H groups in total. The number of ether oxygens (including phenoxy) is 1. The van der Waals surface area contributed by atoms with Crippen molar-refractivity contribution in [3.63, 3.8) is 0 Å². The van der Waals surface area contributed by atoms with Gasteiger partial charge in [-0.2, -0.15) is 0 Å². The second kappa shape index (κ2) is 7.28. The Labute approximate surface area is 129 Å². The van der Waals surface area contributed by atoms with Crippen molar-refractivity contribution in [1.29, 1.82) is 0 Å². The van der Waals surface area contributed by atoms with Crippen LogP contribution in [0.15, 0.2) is 18.2 Å². The normalized spacial score (nSPS) is 16.5. The molecule has 0 aliphatic heterocycles. The van der Waals surface area contributed by atoms with Crippen LogP contribution in [0.25, 0.3) is 0 Å². The number of methoxy groups -OCH3 is 1. The van der Waals surface area contributed by atoms with Crippen LogP contribution in [0.3, 0.4) is 0 Å². The average molecular weight is 290 g/mol. The molecule has 0 bridgehead atoms. The summed E-state index contributed by atoms with van der Waals surface area (Å²) in [5.41, 5.74) is 2.64. The highest BCUT2D eigenvalue weighted by atomic mass is 16.5. The first-order chi connectivity index (χ1) is 10.0. The van der Waals surface area contributed by atoms with Crippen LogP contribution in [-0.4, -0.2) is 31.6 Å². The van der Waals surface area contributed by atoms with Crippen LogP contribution in [0.2, 0.25) is 0 Å². The van der Waals surface area contributed by atoms with Crippen LogP contribution in [-0.2, 0) is 6.54 Å². The molecule has 2 rings (SSSR count). The molecule has 0 spiro atoms. The molecule has 0 aromatic heterocycles. The Hall–Kier alpha value is -1.06. The van der Waals surface area contributed by atoms with Gasteiger partial charge in [0, 0.05) is 30.7 Å². The fourth-order valence-electron chi connectivity index (χ4n) is 2.83. The summed E-state index contributed by atoms with van der Waals surface area (Å²) in [6.45, 7) is 8.95. The number of hydrogen-bond acceptors (Lipinski definition) is 3. The summed E-state index contributed by atoms with van der Waals surface area (Å²) < 4.78 is 5.57. The zero-order chi connectivity index (χ0) is 15.4. The summed E-state index contributed by atoms with van der Waals surface area (Å²) in [5.74, 6) is 1.72. The third kappa shape index (κ3) is 4.45. The van der Waals surface area contributed by atoms with Gasteiger partial charge in [0.15, 0.2) is 0 Å². The summed E-state index contributed by atoms with van der Waals surface area (Å²) in [7, 11) is 3.77. The summed E-state index contributed by atoms with van der Waals surface area (Å²) in [6, 6.07) is 7.72. The molecule has 118 valence electrons. The van der Waals surface area contributed by atoms with Crippen molar-refractivity contribution < 1.29 is 4.74 Å². The van der Waals surface area contributed by atoms with E-state index >= 15 is 0 Å². The number of hydrogen-bond donors (Lipinski definition) is 1. The highest BCUT2D eigenvalue weighted by Crippen LogP contribution is 2.32. The molecular weight excluding hydrogens is 260 g/mol. The van der Waals surface area contributed by atoms with Gasteiger partial charge in [-0.3, -0.25) is 4.90 Å². The smallest absolute Gasteiger partial charge is 0.123 e. The highest BCUT2D eigenvalue weighted by molar-refractivity contribution is 5.38. The van der Waals surface area contributed by atoms with Crippen molar-refractivity contribution in [2.24, 2.45) is 5.92 Å². The van der Waals surface area contributed by atoms with Gasteiger partial charge in [0.25, 0.3) is 0 Å². The van der Waals surface area contributed by atoms with Crippen LogP contribution in [0.1, 0.15) is 50.8 Å². The Bertz CT molecular complexity index is 455. The minimum absolute atomic E-state index is 0.370. The van der Waals surface area contributed by atoms with Gasteiger partial charge in [0.05, 0.1) is 7.11 Å². The molecule has 0 heterocycles. The van der Waals surface area contributed by atoms with Crippen molar-refractivity contribution in [3.05, 3.63) is 29.3 Å². The SMILES string of the molecule is CNC(C)c1ccc(OC)c(CN(CC(C)C)C2CC2)c1. The number of nitrogens with one attached hydrogen (secondary N) is 1. The van der Waals surface area contributed by atoms with E-state index in [1.54, 1.807) is 7.11 Å². The van der Waals surface area contributed by atoms with Gasteiger partial charge in [0.1, 0.15) is 5.75 Å². The molecule has 1 unspecified atom stereocenters. The molecule has 0 radical (unpaired) electrons. The summed E-state index contributed by atoms with van der Waals surface area (Å²) in [6.07, 6.45) is 2.70. The van der Waals surface area contributed by atoms with Gasteiger partial charge in [-0.05, 0) is 50.4 Å². The molecule has 1 fully saturated rings. The van der Waals surface area contributed by atoms with E-state index in [0.717, 1.165) is 18.3 Å². The third-order valence-electron chi connectivity index (χ3n) is 4.27. The quantitative estimate of drug-likeness (QED) is 0.792. The highest BCUT2D eigenvalue weighted by Gasteiger charge is 2.29. The molecule has 0 saturated heterocycles. The van der Waals surface area contributed by atoms with Crippen molar-refractivity contribution in [1.82, 2.24) is 10.2 Å². The van der Waals surface area contributed by atoms with Gasteiger partial charge in [-0.1, -0.05) is 19.9 Å². The zero-order valence-electron chi connectivity index (χ0n) is 14.1. The third-order valence-corrected chi connectivity index (χ3v) is 4.27. The molecule has 1 aromatic carbocycles. The van der Waals surface area contributed by atoms with E-state index < -0.39 is 0 Å². The lowest BCUT2D eigenvalue weighted by Crippen LogP contribution is -2.29. The first kappa shape index (κ1) is 16.3. The predicted octanol–water partition coefficient (Wildman–Crippen LogP) is 3.60. The molecule has 3 heteroatoms. The van der Waals surface area contributed by atoms with Gasteiger partial charge in [-0.15, -0.1) is 0 Å². The van der Waals surface area contributed by atoms with Gasteiger partial charge >= 0.3 is 0 Å². The maximum atomic E-state index is 5.57. The summed E-state index contributed by atoms with van der Waals surface area (Å²) in [4.78, 5) is 2.62. The van der Waals surface area contributed by atoms with Crippen LogP contribution >= 0.6 is 0 Å². The van der Waals surface area contributed by atoms with Crippen LogP contribution < -0.4 is 10.1 Å². The van der Waals surface area contributed by atoms with Crippen molar-refractivity contribution in [2.45, 2.75) is 52.2 Å². The van der Waals surface area contributed by atoms with Crippen LogP contribution in [0.4, 0.5) is 0 Å². The van der Waals surface area contributed by atoms with E-state index in [-0.39, 0.29) is 0 Å². The first-order valence-electron chi connectivity index (χ1n) is 8.13. The maximum absolute atomic E-state index is 5.57. The lowest BCUT2D eigenvalue weighted by atomic mass is 10.0. The van der Waals surface area contributed by atoms with E-state index in [1.165, 1.54) is 30.5 Å². The van der Waals surface area contributed by atoms with E-state index in [9.17, 15) is 0 Å². The molecule has 0 amide bonds. The van der Waals surface area contributed by atoms with Crippen molar-refractivity contribution >= 4 is 0 Å². The Kier molecular flexibility index (Phi) is 5.65. The van der Waals surface area contributed by atoms with Crippen molar-refractivity contribution in [2.75, 3.05) is 20.7 Å². The number of benzene rings is 1. The summed E-state index contributed by atoms with van der Waals surface area (Å²) in [5, 5.41) is 3.31. The molecule has 1 atom stereocenters. The monoisotopic (exact) mass is 290 g/mol. The number of rotatable bonds is 8. The molecule has 1 aromatic rings. The Balaban J connectivity index is 2.18.